The maximum atomic E-state index is 13.4. The molecule has 162 valence electrons. The Hall–Kier alpha value is -3.37. The molecular weight excluding hydrogens is 418 g/mol. The van der Waals surface area contributed by atoms with E-state index in [1.54, 1.807) is 0 Å². The number of halogens is 1. The van der Waals surface area contributed by atoms with Gasteiger partial charge in [0.05, 0.1) is 16.8 Å². The Morgan fingerprint density at radius 3 is 2.25 bits per heavy atom. The summed E-state index contributed by atoms with van der Waals surface area (Å²) in [6.07, 6.45) is 0. The SMILES string of the molecule is CCN(CC)c1ccc(NC(=O)c2c(C)c(-c3ccc(Cl)cc3)nc3ccccc23)cc1. The standard InChI is InChI=1S/C27H26ClN3O/c1-4-31(5-2)22-16-14-21(15-17-22)29-27(32)25-18(3)26(19-10-12-20(28)13-11-19)30-24-9-7-6-8-23(24)25/h6-17H,4-5H2,1-3H3,(H,29,32). The number of hydrogen-bond acceptors (Lipinski definition) is 3. The molecule has 1 N–H and O–H groups in total. The molecule has 0 saturated heterocycles. The number of nitrogens with one attached hydrogen (secondary N) is 1. The van der Waals surface area contributed by atoms with Crippen molar-refractivity contribution in [1.82, 2.24) is 4.98 Å². The van der Waals surface area contributed by atoms with Gasteiger partial charge in [0, 0.05) is 40.4 Å². The maximum Gasteiger partial charge on any atom is 0.256 e. The molecule has 0 aliphatic heterocycles. The van der Waals surface area contributed by atoms with Gasteiger partial charge in [-0.3, -0.25) is 4.79 Å². The minimum atomic E-state index is -0.146. The van der Waals surface area contributed by atoms with Crippen LogP contribution in [0.4, 0.5) is 11.4 Å². The lowest BCUT2D eigenvalue weighted by atomic mass is 9.97. The Balaban J connectivity index is 1.73. The zero-order valence-electron chi connectivity index (χ0n) is 18.5. The van der Waals surface area contributed by atoms with E-state index in [1.807, 2.05) is 79.7 Å². The first kappa shape index (κ1) is 21.8. The van der Waals surface area contributed by atoms with Crippen LogP contribution in [-0.4, -0.2) is 24.0 Å². The third-order valence-corrected chi connectivity index (χ3v) is 5.99. The maximum absolute atomic E-state index is 13.4. The summed E-state index contributed by atoms with van der Waals surface area (Å²) in [5, 5.41) is 4.57. The van der Waals surface area contributed by atoms with Crippen LogP contribution >= 0.6 is 11.6 Å². The minimum absolute atomic E-state index is 0.146. The summed E-state index contributed by atoms with van der Waals surface area (Å²) in [6, 6.07) is 23.3. The molecule has 0 unspecified atom stereocenters. The molecule has 5 heteroatoms. The van der Waals surface area contributed by atoms with E-state index < -0.39 is 0 Å². The summed E-state index contributed by atoms with van der Waals surface area (Å²) in [5.41, 5.74) is 5.86. The van der Waals surface area contributed by atoms with Crippen molar-refractivity contribution in [2.75, 3.05) is 23.3 Å². The van der Waals surface area contributed by atoms with Gasteiger partial charge in [-0.05, 0) is 68.8 Å². The lowest BCUT2D eigenvalue weighted by Crippen LogP contribution is -2.21. The van der Waals surface area contributed by atoms with Crippen LogP contribution in [0.3, 0.4) is 0 Å². The van der Waals surface area contributed by atoms with Crippen LogP contribution in [-0.2, 0) is 0 Å². The van der Waals surface area contributed by atoms with E-state index in [2.05, 4.69) is 24.1 Å². The second-order valence-electron chi connectivity index (χ2n) is 7.66. The van der Waals surface area contributed by atoms with Crippen molar-refractivity contribution in [3.63, 3.8) is 0 Å². The molecule has 0 spiro atoms. The van der Waals surface area contributed by atoms with E-state index in [0.29, 0.717) is 10.6 Å². The van der Waals surface area contributed by atoms with Gasteiger partial charge >= 0.3 is 0 Å². The molecular formula is C27H26ClN3O. The van der Waals surface area contributed by atoms with E-state index in [4.69, 9.17) is 16.6 Å². The Kier molecular flexibility index (Phi) is 6.42. The molecule has 32 heavy (non-hydrogen) atoms. The fourth-order valence-electron chi connectivity index (χ4n) is 4.03. The van der Waals surface area contributed by atoms with Crippen LogP contribution in [0.15, 0.2) is 72.8 Å². The average molecular weight is 444 g/mol. The number of pyridine rings is 1. The van der Waals surface area contributed by atoms with Crippen molar-refractivity contribution in [3.05, 3.63) is 88.9 Å². The second kappa shape index (κ2) is 9.41. The Bertz CT molecular complexity index is 1250. The Morgan fingerprint density at radius 1 is 0.938 bits per heavy atom. The van der Waals surface area contributed by atoms with Crippen molar-refractivity contribution >= 4 is 39.8 Å². The highest BCUT2D eigenvalue weighted by molar-refractivity contribution is 6.30. The van der Waals surface area contributed by atoms with Crippen molar-refractivity contribution in [2.45, 2.75) is 20.8 Å². The second-order valence-corrected chi connectivity index (χ2v) is 8.09. The number of nitrogens with zero attached hydrogens (tertiary/aromatic N) is 2. The highest BCUT2D eigenvalue weighted by Crippen LogP contribution is 2.31. The number of carbonyl (C=O) groups excluding carboxylic acids is 1. The molecule has 4 nitrogen and oxygen atoms in total. The molecule has 0 aliphatic rings. The summed E-state index contributed by atoms with van der Waals surface area (Å²) in [6.45, 7) is 8.10. The van der Waals surface area contributed by atoms with Crippen molar-refractivity contribution < 1.29 is 4.79 Å². The topological polar surface area (TPSA) is 45.2 Å². The predicted molar refractivity (Wildman–Crippen MR) is 135 cm³/mol. The first-order valence-corrected chi connectivity index (χ1v) is 11.2. The van der Waals surface area contributed by atoms with Gasteiger partial charge in [-0.15, -0.1) is 0 Å². The van der Waals surface area contributed by atoms with Gasteiger partial charge < -0.3 is 10.2 Å². The molecule has 1 heterocycles. The zero-order chi connectivity index (χ0) is 22.7. The van der Waals surface area contributed by atoms with E-state index in [1.165, 1.54) is 0 Å². The van der Waals surface area contributed by atoms with Crippen LogP contribution in [0, 0.1) is 6.92 Å². The number of rotatable bonds is 6. The average Bonchev–Trinajstić information content (AvgIpc) is 2.81. The lowest BCUT2D eigenvalue weighted by Gasteiger charge is -2.21. The number of anilines is 2. The monoisotopic (exact) mass is 443 g/mol. The molecule has 0 aliphatic carbocycles. The van der Waals surface area contributed by atoms with Crippen molar-refractivity contribution in [3.8, 4) is 11.3 Å². The summed E-state index contributed by atoms with van der Waals surface area (Å²) < 4.78 is 0. The van der Waals surface area contributed by atoms with Gasteiger partial charge in [-0.1, -0.05) is 41.9 Å². The third kappa shape index (κ3) is 4.32. The summed E-state index contributed by atoms with van der Waals surface area (Å²) in [4.78, 5) is 20.6. The fraction of sp³-hybridized carbons (Fsp3) is 0.185. The highest BCUT2D eigenvalue weighted by Gasteiger charge is 2.19. The van der Waals surface area contributed by atoms with Crippen LogP contribution in [0.1, 0.15) is 29.8 Å². The van der Waals surface area contributed by atoms with Crippen LogP contribution in [0.5, 0.6) is 0 Å². The molecule has 1 aromatic heterocycles. The van der Waals surface area contributed by atoms with E-state index in [9.17, 15) is 4.79 Å². The quantitative estimate of drug-likeness (QED) is 0.350. The molecule has 4 aromatic rings. The van der Waals surface area contributed by atoms with Gasteiger partial charge in [0.2, 0.25) is 0 Å². The molecule has 0 atom stereocenters. The van der Waals surface area contributed by atoms with Gasteiger partial charge in [0.1, 0.15) is 0 Å². The Morgan fingerprint density at radius 2 is 1.59 bits per heavy atom. The van der Waals surface area contributed by atoms with Gasteiger partial charge in [0.25, 0.3) is 5.91 Å². The third-order valence-electron chi connectivity index (χ3n) is 5.73. The van der Waals surface area contributed by atoms with Gasteiger partial charge in [-0.25, -0.2) is 4.98 Å². The molecule has 0 radical (unpaired) electrons. The normalized spacial score (nSPS) is 10.9. The fourth-order valence-corrected chi connectivity index (χ4v) is 4.15. The number of benzene rings is 3. The largest absolute Gasteiger partial charge is 0.372 e. The van der Waals surface area contributed by atoms with Crippen LogP contribution in [0.2, 0.25) is 5.02 Å². The summed E-state index contributed by atoms with van der Waals surface area (Å²) in [7, 11) is 0. The van der Waals surface area contributed by atoms with E-state index in [0.717, 1.165) is 52.2 Å². The molecule has 3 aromatic carbocycles. The molecule has 0 bridgehead atoms. The number of amides is 1. The van der Waals surface area contributed by atoms with Crippen molar-refractivity contribution in [2.24, 2.45) is 0 Å². The number of carbonyl (C=O) groups is 1. The molecule has 0 fully saturated rings. The first-order valence-electron chi connectivity index (χ1n) is 10.8. The van der Waals surface area contributed by atoms with Gasteiger partial charge in [-0.2, -0.15) is 0 Å². The number of para-hydroxylation sites is 1. The number of hydrogen-bond donors (Lipinski definition) is 1. The minimum Gasteiger partial charge on any atom is -0.372 e. The number of aromatic nitrogens is 1. The van der Waals surface area contributed by atoms with Crippen LogP contribution < -0.4 is 10.2 Å². The van der Waals surface area contributed by atoms with E-state index >= 15 is 0 Å². The molecule has 1 amide bonds. The molecule has 4 rings (SSSR count). The van der Waals surface area contributed by atoms with E-state index in [-0.39, 0.29) is 5.91 Å². The number of fused-ring (bicyclic) bond motifs is 1. The van der Waals surface area contributed by atoms with Crippen molar-refractivity contribution in [1.29, 1.82) is 0 Å². The zero-order valence-corrected chi connectivity index (χ0v) is 19.3. The summed E-state index contributed by atoms with van der Waals surface area (Å²) >= 11 is 6.07. The first-order chi connectivity index (χ1) is 15.5. The smallest absolute Gasteiger partial charge is 0.256 e. The molecule has 0 saturated carbocycles. The highest BCUT2D eigenvalue weighted by atomic mass is 35.5. The van der Waals surface area contributed by atoms with Gasteiger partial charge in [0.15, 0.2) is 0 Å². The van der Waals surface area contributed by atoms with Crippen LogP contribution in [0.25, 0.3) is 22.2 Å². The lowest BCUT2D eigenvalue weighted by molar-refractivity contribution is 0.102. The predicted octanol–water partition coefficient (Wildman–Crippen LogP) is 6.96. The summed E-state index contributed by atoms with van der Waals surface area (Å²) in [5.74, 6) is -0.146. The Labute approximate surface area is 193 Å².